The van der Waals surface area contributed by atoms with E-state index in [1.807, 2.05) is 24.3 Å². The second-order valence-electron chi connectivity index (χ2n) is 5.81. The Balaban J connectivity index is 1.90. The summed E-state index contributed by atoms with van der Waals surface area (Å²) in [6.45, 7) is 1.22. The predicted molar refractivity (Wildman–Crippen MR) is 101 cm³/mol. The maximum absolute atomic E-state index is 12.9. The van der Waals surface area contributed by atoms with E-state index in [1.165, 1.54) is 4.90 Å². The smallest absolute Gasteiger partial charge is 0.323 e. The van der Waals surface area contributed by atoms with Crippen LogP contribution in [0.3, 0.4) is 0 Å². The molecule has 1 amide bonds. The minimum atomic E-state index is -1.12. The lowest BCUT2D eigenvalue weighted by atomic mass is 10.2. The summed E-state index contributed by atoms with van der Waals surface area (Å²) >= 11 is 3.38. The van der Waals surface area contributed by atoms with Crippen LogP contribution in [0.15, 0.2) is 57.6 Å². The first kappa shape index (κ1) is 18.8. The molecule has 2 heterocycles. The molecular weight excluding hydrogens is 414 g/mol. The number of aromatic nitrogens is 2. The first-order valence-corrected chi connectivity index (χ1v) is 8.87. The van der Waals surface area contributed by atoms with Crippen molar-refractivity contribution in [1.29, 1.82) is 0 Å². The number of oxazole rings is 1. The molecule has 0 atom stereocenters. The molecule has 138 valence electrons. The molecule has 0 fully saturated rings. The fraction of sp³-hybridized carbons (Fsp3) is 0.158. The van der Waals surface area contributed by atoms with Crippen molar-refractivity contribution in [2.24, 2.45) is 0 Å². The van der Waals surface area contributed by atoms with Gasteiger partial charge in [0.2, 0.25) is 5.89 Å². The zero-order valence-corrected chi connectivity index (χ0v) is 16.0. The number of halogens is 1. The van der Waals surface area contributed by atoms with E-state index in [2.05, 4.69) is 25.9 Å². The van der Waals surface area contributed by atoms with Crippen molar-refractivity contribution in [1.82, 2.24) is 14.9 Å². The quantitative estimate of drug-likeness (QED) is 0.643. The Kier molecular flexibility index (Phi) is 5.66. The monoisotopic (exact) mass is 429 g/mol. The molecule has 27 heavy (non-hydrogen) atoms. The number of aryl methyl sites for hydroxylation is 1. The number of carboxylic acid groups (broad SMARTS) is 1. The molecule has 3 aromatic rings. The number of benzene rings is 1. The zero-order chi connectivity index (χ0) is 19.4. The van der Waals surface area contributed by atoms with Crippen molar-refractivity contribution in [2.45, 2.75) is 13.5 Å². The van der Waals surface area contributed by atoms with Gasteiger partial charge in [-0.3, -0.25) is 14.6 Å². The van der Waals surface area contributed by atoms with Crippen molar-refractivity contribution in [3.63, 3.8) is 0 Å². The highest BCUT2D eigenvalue weighted by atomic mass is 79.9. The number of carbonyl (C=O) groups is 2. The summed E-state index contributed by atoms with van der Waals surface area (Å²) in [5, 5.41) is 9.18. The second kappa shape index (κ2) is 8.13. The van der Waals surface area contributed by atoms with Crippen molar-refractivity contribution in [3.8, 4) is 11.5 Å². The van der Waals surface area contributed by atoms with Crippen LogP contribution >= 0.6 is 15.9 Å². The van der Waals surface area contributed by atoms with E-state index in [9.17, 15) is 14.7 Å². The van der Waals surface area contributed by atoms with Crippen molar-refractivity contribution in [2.75, 3.05) is 6.54 Å². The molecule has 0 bridgehead atoms. The molecule has 0 spiro atoms. The van der Waals surface area contributed by atoms with E-state index < -0.39 is 18.4 Å². The third-order valence-corrected chi connectivity index (χ3v) is 4.26. The van der Waals surface area contributed by atoms with E-state index in [1.54, 1.807) is 31.3 Å². The van der Waals surface area contributed by atoms with E-state index in [0.29, 0.717) is 22.9 Å². The number of pyridine rings is 1. The van der Waals surface area contributed by atoms with Gasteiger partial charge in [-0.15, -0.1) is 0 Å². The van der Waals surface area contributed by atoms with Gasteiger partial charge in [0.25, 0.3) is 5.91 Å². The third kappa shape index (κ3) is 4.59. The van der Waals surface area contributed by atoms with E-state index in [4.69, 9.17) is 4.42 Å². The molecule has 8 heteroatoms. The van der Waals surface area contributed by atoms with Gasteiger partial charge >= 0.3 is 5.97 Å². The number of carboxylic acids is 1. The summed E-state index contributed by atoms with van der Waals surface area (Å²) in [6, 6.07) is 12.6. The van der Waals surface area contributed by atoms with Crippen LogP contribution in [-0.2, 0) is 11.3 Å². The Hall–Kier alpha value is -3.00. The number of carbonyl (C=O) groups excluding carboxylic acids is 1. The first-order valence-electron chi connectivity index (χ1n) is 8.08. The van der Waals surface area contributed by atoms with Crippen molar-refractivity contribution >= 4 is 27.8 Å². The number of nitrogens with zero attached hydrogens (tertiary/aromatic N) is 3. The van der Waals surface area contributed by atoms with Crippen LogP contribution in [0.4, 0.5) is 0 Å². The van der Waals surface area contributed by atoms with Gasteiger partial charge in [-0.2, -0.15) is 0 Å². The number of hydrogen-bond acceptors (Lipinski definition) is 5. The standard InChI is InChI=1S/C19H16BrN3O4/c1-12-17(22-18(27-12)13-5-4-6-14(20)9-13)19(26)23(11-16(24)25)10-15-7-2-3-8-21-15/h2-9H,10-11H2,1H3,(H,24,25). The fourth-order valence-electron chi connectivity index (χ4n) is 2.54. The minimum absolute atomic E-state index is 0.0600. The maximum Gasteiger partial charge on any atom is 0.323 e. The molecule has 0 aliphatic heterocycles. The molecule has 2 aromatic heterocycles. The Morgan fingerprint density at radius 3 is 2.70 bits per heavy atom. The number of hydrogen-bond donors (Lipinski definition) is 1. The van der Waals surface area contributed by atoms with E-state index >= 15 is 0 Å². The largest absolute Gasteiger partial charge is 0.480 e. The molecule has 1 aromatic carbocycles. The molecule has 0 aliphatic carbocycles. The van der Waals surface area contributed by atoms with Gasteiger partial charge < -0.3 is 14.4 Å². The van der Waals surface area contributed by atoms with Crippen LogP contribution in [0.5, 0.6) is 0 Å². The van der Waals surface area contributed by atoms with Crippen LogP contribution in [-0.4, -0.2) is 38.4 Å². The zero-order valence-electron chi connectivity index (χ0n) is 14.4. The average molecular weight is 430 g/mol. The molecule has 0 radical (unpaired) electrons. The van der Waals surface area contributed by atoms with E-state index in [0.717, 1.165) is 4.47 Å². The lowest BCUT2D eigenvalue weighted by molar-refractivity contribution is -0.137. The number of amides is 1. The van der Waals surface area contributed by atoms with Crippen LogP contribution in [0.2, 0.25) is 0 Å². The molecule has 3 rings (SSSR count). The van der Waals surface area contributed by atoms with E-state index in [-0.39, 0.29) is 12.2 Å². The Labute approximate surface area is 163 Å². The van der Waals surface area contributed by atoms with Gasteiger partial charge in [0.1, 0.15) is 12.3 Å². The SMILES string of the molecule is Cc1oc(-c2cccc(Br)c2)nc1C(=O)N(CC(=O)O)Cc1ccccn1. The van der Waals surface area contributed by atoms with Gasteiger partial charge in [0, 0.05) is 16.2 Å². The molecule has 0 aliphatic rings. The third-order valence-electron chi connectivity index (χ3n) is 3.76. The Bertz CT molecular complexity index is 972. The van der Waals surface area contributed by atoms with Gasteiger partial charge in [0.15, 0.2) is 5.69 Å². The highest BCUT2D eigenvalue weighted by Crippen LogP contribution is 2.25. The highest BCUT2D eigenvalue weighted by Gasteiger charge is 2.25. The molecule has 1 N–H and O–H groups in total. The molecule has 7 nitrogen and oxygen atoms in total. The Morgan fingerprint density at radius 2 is 2.04 bits per heavy atom. The van der Waals surface area contributed by atoms with Gasteiger partial charge in [0.05, 0.1) is 12.2 Å². The topological polar surface area (TPSA) is 96.5 Å². The van der Waals surface area contributed by atoms with Gasteiger partial charge in [-0.1, -0.05) is 28.1 Å². The maximum atomic E-state index is 12.9. The van der Waals surface area contributed by atoms with Gasteiger partial charge in [-0.05, 0) is 37.3 Å². The number of rotatable bonds is 6. The van der Waals surface area contributed by atoms with Crippen LogP contribution in [0.1, 0.15) is 21.9 Å². The van der Waals surface area contributed by atoms with Crippen molar-refractivity contribution in [3.05, 3.63) is 70.3 Å². The summed E-state index contributed by atoms with van der Waals surface area (Å²) in [5.41, 5.74) is 1.38. The van der Waals surface area contributed by atoms with Crippen molar-refractivity contribution < 1.29 is 19.1 Å². The molecule has 0 saturated carbocycles. The lowest BCUT2D eigenvalue weighted by Crippen LogP contribution is -2.36. The van der Waals surface area contributed by atoms with Crippen LogP contribution < -0.4 is 0 Å². The normalized spacial score (nSPS) is 10.6. The van der Waals surface area contributed by atoms with Crippen LogP contribution in [0, 0.1) is 6.92 Å². The predicted octanol–water partition coefficient (Wildman–Crippen LogP) is 3.53. The highest BCUT2D eigenvalue weighted by molar-refractivity contribution is 9.10. The first-order chi connectivity index (χ1) is 12.9. The fourth-order valence-corrected chi connectivity index (χ4v) is 2.94. The summed E-state index contributed by atoms with van der Waals surface area (Å²) in [5.74, 6) is -1.02. The summed E-state index contributed by atoms with van der Waals surface area (Å²) < 4.78 is 6.49. The summed E-state index contributed by atoms with van der Waals surface area (Å²) in [7, 11) is 0. The lowest BCUT2D eigenvalue weighted by Gasteiger charge is -2.19. The Morgan fingerprint density at radius 1 is 1.22 bits per heavy atom. The molecule has 0 saturated heterocycles. The average Bonchev–Trinajstić information content (AvgIpc) is 3.03. The second-order valence-corrected chi connectivity index (χ2v) is 6.73. The number of aliphatic carboxylic acids is 1. The molecule has 0 unspecified atom stereocenters. The summed E-state index contributed by atoms with van der Waals surface area (Å²) in [4.78, 5) is 33.8. The summed E-state index contributed by atoms with van der Waals surface area (Å²) in [6.07, 6.45) is 1.59. The molecular formula is C19H16BrN3O4. The minimum Gasteiger partial charge on any atom is -0.480 e. The van der Waals surface area contributed by atoms with Gasteiger partial charge in [-0.25, -0.2) is 4.98 Å². The van der Waals surface area contributed by atoms with Crippen LogP contribution in [0.25, 0.3) is 11.5 Å².